The first-order valence-electron chi connectivity index (χ1n) is 7.01. The van der Waals surface area contributed by atoms with Gasteiger partial charge in [-0.3, -0.25) is 9.48 Å². The predicted molar refractivity (Wildman–Crippen MR) is 82.4 cm³/mol. The minimum absolute atomic E-state index is 0.157. The molecule has 0 bridgehead atoms. The largest absolute Gasteiger partial charge is 0.481 e. The Labute approximate surface area is 124 Å². The fourth-order valence-corrected chi connectivity index (χ4v) is 2.35. The van der Waals surface area contributed by atoms with E-state index in [1.54, 1.807) is 0 Å². The van der Waals surface area contributed by atoms with Crippen LogP contribution in [0.1, 0.15) is 28.9 Å². The highest BCUT2D eigenvalue weighted by Crippen LogP contribution is 2.17. The molecule has 0 fully saturated rings. The van der Waals surface area contributed by atoms with Crippen LogP contribution >= 0.6 is 0 Å². The summed E-state index contributed by atoms with van der Waals surface area (Å²) in [6.45, 7) is 4.78. The molecule has 1 heterocycles. The summed E-state index contributed by atoms with van der Waals surface area (Å²) in [5.41, 5.74) is 5.42. The monoisotopic (exact) mass is 287 g/mol. The van der Waals surface area contributed by atoms with E-state index in [9.17, 15) is 4.79 Å². The van der Waals surface area contributed by atoms with Crippen LogP contribution in [0.4, 0.5) is 5.69 Å². The van der Waals surface area contributed by atoms with E-state index in [0.29, 0.717) is 13.0 Å². The Morgan fingerprint density at radius 2 is 2.14 bits per heavy atom. The maximum Gasteiger partial charge on any atom is 0.303 e. The number of hydrogen-bond donors (Lipinski definition) is 2. The average Bonchev–Trinajstić information content (AvgIpc) is 2.68. The SMILES string of the molecule is Cc1nn(C)c(C)c1CNc1cccc(CCC(=O)O)c1. The lowest BCUT2D eigenvalue weighted by Gasteiger charge is -2.09. The van der Waals surface area contributed by atoms with Crippen LogP contribution in [-0.2, 0) is 24.8 Å². The number of hydrogen-bond acceptors (Lipinski definition) is 3. The Hall–Kier alpha value is -2.30. The van der Waals surface area contributed by atoms with Crippen LogP contribution in [-0.4, -0.2) is 20.9 Å². The Kier molecular flexibility index (Phi) is 4.62. The molecule has 0 spiro atoms. The molecule has 2 rings (SSSR count). The Morgan fingerprint density at radius 3 is 2.76 bits per heavy atom. The highest BCUT2D eigenvalue weighted by atomic mass is 16.4. The van der Waals surface area contributed by atoms with E-state index in [2.05, 4.69) is 17.3 Å². The summed E-state index contributed by atoms with van der Waals surface area (Å²) < 4.78 is 1.88. The second-order valence-electron chi connectivity index (χ2n) is 5.22. The van der Waals surface area contributed by atoms with Crippen LogP contribution in [0.25, 0.3) is 0 Å². The second-order valence-corrected chi connectivity index (χ2v) is 5.22. The summed E-state index contributed by atoms with van der Waals surface area (Å²) in [5, 5.41) is 16.5. The summed E-state index contributed by atoms with van der Waals surface area (Å²) >= 11 is 0. The van der Waals surface area contributed by atoms with Gasteiger partial charge in [0.15, 0.2) is 0 Å². The van der Waals surface area contributed by atoms with Gasteiger partial charge in [0.1, 0.15) is 0 Å². The van der Waals surface area contributed by atoms with Gasteiger partial charge < -0.3 is 10.4 Å². The molecule has 1 aromatic carbocycles. The summed E-state index contributed by atoms with van der Waals surface area (Å²) in [6, 6.07) is 7.90. The summed E-state index contributed by atoms with van der Waals surface area (Å²) in [7, 11) is 1.94. The number of anilines is 1. The number of aromatic nitrogens is 2. The highest BCUT2D eigenvalue weighted by Gasteiger charge is 2.08. The lowest BCUT2D eigenvalue weighted by Crippen LogP contribution is -2.03. The fourth-order valence-electron chi connectivity index (χ4n) is 2.35. The molecule has 1 aromatic heterocycles. The van der Waals surface area contributed by atoms with Crippen molar-refractivity contribution in [2.45, 2.75) is 33.2 Å². The standard InChI is InChI=1S/C16H21N3O2/c1-11-15(12(2)19(3)18-11)10-17-14-6-4-5-13(9-14)7-8-16(20)21/h4-6,9,17H,7-8,10H2,1-3H3,(H,20,21). The normalized spacial score (nSPS) is 10.6. The molecule has 0 unspecified atom stereocenters. The van der Waals surface area contributed by atoms with Gasteiger partial charge in [0.05, 0.1) is 5.69 Å². The molecule has 0 atom stereocenters. The van der Waals surface area contributed by atoms with Crippen molar-refractivity contribution in [3.05, 3.63) is 46.8 Å². The Morgan fingerprint density at radius 1 is 1.38 bits per heavy atom. The van der Waals surface area contributed by atoms with Crippen molar-refractivity contribution in [3.8, 4) is 0 Å². The van der Waals surface area contributed by atoms with Crippen LogP contribution < -0.4 is 5.32 Å². The zero-order valence-corrected chi connectivity index (χ0v) is 12.7. The minimum atomic E-state index is -0.769. The van der Waals surface area contributed by atoms with Gasteiger partial charge in [0.25, 0.3) is 0 Å². The molecular weight excluding hydrogens is 266 g/mol. The van der Waals surface area contributed by atoms with Crippen molar-refractivity contribution < 1.29 is 9.90 Å². The molecular formula is C16H21N3O2. The van der Waals surface area contributed by atoms with Crippen LogP contribution in [0.3, 0.4) is 0 Å². The minimum Gasteiger partial charge on any atom is -0.481 e. The summed E-state index contributed by atoms with van der Waals surface area (Å²) in [6.07, 6.45) is 0.708. The first-order valence-corrected chi connectivity index (χ1v) is 7.01. The molecule has 0 aliphatic carbocycles. The number of rotatable bonds is 6. The molecule has 2 aromatic rings. The number of aryl methyl sites for hydroxylation is 3. The van der Waals surface area contributed by atoms with Crippen molar-refractivity contribution >= 4 is 11.7 Å². The van der Waals surface area contributed by atoms with E-state index in [1.165, 1.54) is 5.56 Å². The van der Waals surface area contributed by atoms with Gasteiger partial charge >= 0.3 is 5.97 Å². The third-order valence-electron chi connectivity index (χ3n) is 3.68. The van der Waals surface area contributed by atoms with Gasteiger partial charge in [-0.1, -0.05) is 12.1 Å². The third-order valence-corrected chi connectivity index (χ3v) is 3.68. The number of nitrogens with one attached hydrogen (secondary N) is 1. The first kappa shape index (κ1) is 15.1. The molecule has 2 N–H and O–H groups in total. The van der Waals surface area contributed by atoms with Crippen molar-refractivity contribution in [1.82, 2.24) is 9.78 Å². The molecule has 0 aliphatic rings. The van der Waals surface area contributed by atoms with E-state index >= 15 is 0 Å². The molecule has 0 radical (unpaired) electrons. The lowest BCUT2D eigenvalue weighted by molar-refractivity contribution is -0.136. The molecule has 0 amide bonds. The number of carboxylic acids is 1. The number of carboxylic acid groups (broad SMARTS) is 1. The van der Waals surface area contributed by atoms with E-state index < -0.39 is 5.97 Å². The maximum atomic E-state index is 10.6. The van der Waals surface area contributed by atoms with Gasteiger partial charge in [0.2, 0.25) is 0 Å². The van der Waals surface area contributed by atoms with Crippen LogP contribution in [0.2, 0.25) is 0 Å². The van der Waals surface area contributed by atoms with E-state index in [4.69, 9.17) is 5.11 Å². The average molecular weight is 287 g/mol. The molecule has 5 nitrogen and oxygen atoms in total. The molecule has 112 valence electrons. The molecule has 0 saturated heterocycles. The maximum absolute atomic E-state index is 10.6. The molecule has 0 saturated carbocycles. The van der Waals surface area contributed by atoms with Crippen LogP contribution in [0.15, 0.2) is 24.3 Å². The second kappa shape index (κ2) is 6.43. The van der Waals surface area contributed by atoms with Crippen molar-refractivity contribution in [1.29, 1.82) is 0 Å². The van der Waals surface area contributed by atoms with E-state index in [1.807, 2.05) is 42.9 Å². The topological polar surface area (TPSA) is 67.2 Å². The van der Waals surface area contributed by atoms with Crippen molar-refractivity contribution in [2.24, 2.45) is 7.05 Å². The van der Waals surface area contributed by atoms with E-state index in [-0.39, 0.29) is 6.42 Å². The Balaban J connectivity index is 2.03. The molecule has 21 heavy (non-hydrogen) atoms. The predicted octanol–water partition coefficient (Wildman–Crippen LogP) is 2.67. The van der Waals surface area contributed by atoms with Gasteiger partial charge in [-0.05, 0) is 38.0 Å². The van der Waals surface area contributed by atoms with Gasteiger partial charge in [-0.25, -0.2) is 0 Å². The van der Waals surface area contributed by atoms with E-state index in [0.717, 1.165) is 22.6 Å². The van der Waals surface area contributed by atoms with Crippen LogP contribution in [0.5, 0.6) is 0 Å². The number of carbonyl (C=O) groups is 1. The fraction of sp³-hybridized carbons (Fsp3) is 0.375. The first-order chi connectivity index (χ1) is 9.97. The van der Waals surface area contributed by atoms with Gasteiger partial charge in [-0.2, -0.15) is 5.10 Å². The molecule has 0 aliphatic heterocycles. The quantitative estimate of drug-likeness (QED) is 0.857. The third kappa shape index (κ3) is 3.84. The van der Waals surface area contributed by atoms with Gasteiger partial charge in [0, 0.05) is 37.0 Å². The zero-order chi connectivity index (χ0) is 15.4. The Bertz CT molecular complexity index is 647. The summed E-state index contributed by atoms with van der Waals surface area (Å²) in [5.74, 6) is -0.769. The highest BCUT2D eigenvalue weighted by molar-refractivity contribution is 5.67. The number of aliphatic carboxylic acids is 1. The number of benzene rings is 1. The van der Waals surface area contributed by atoms with Crippen molar-refractivity contribution in [2.75, 3.05) is 5.32 Å². The van der Waals surface area contributed by atoms with Gasteiger partial charge in [-0.15, -0.1) is 0 Å². The smallest absolute Gasteiger partial charge is 0.303 e. The lowest BCUT2D eigenvalue weighted by atomic mass is 10.1. The summed E-state index contributed by atoms with van der Waals surface area (Å²) in [4.78, 5) is 10.6. The molecule has 5 heteroatoms. The van der Waals surface area contributed by atoms with Crippen molar-refractivity contribution in [3.63, 3.8) is 0 Å². The number of nitrogens with zero attached hydrogens (tertiary/aromatic N) is 2. The van der Waals surface area contributed by atoms with Crippen LogP contribution in [0, 0.1) is 13.8 Å². The zero-order valence-electron chi connectivity index (χ0n) is 12.7.